The molecule has 1 nitrogen and oxygen atoms in total. The van der Waals surface area contributed by atoms with Gasteiger partial charge in [-0.25, -0.2) is 0 Å². The Kier molecular flexibility index (Phi) is 5.18. The van der Waals surface area contributed by atoms with Gasteiger partial charge in [-0.15, -0.1) is 0 Å². The Balaban J connectivity index is 3.02. The highest BCUT2D eigenvalue weighted by molar-refractivity contribution is 9.09. The van der Waals surface area contributed by atoms with E-state index in [1.165, 1.54) is 0 Å². The van der Waals surface area contributed by atoms with E-state index in [9.17, 15) is 0 Å². The van der Waals surface area contributed by atoms with Crippen LogP contribution in [0.1, 0.15) is 37.6 Å². The molecule has 0 amide bonds. The van der Waals surface area contributed by atoms with Crippen molar-refractivity contribution in [2.75, 3.05) is 7.11 Å². The maximum Gasteiger partial charge on any atom is 0.138 e. The van der Waals surface area contributed by atoms with Gasteiger partial charge in [0, 0.05) is 15.9 Å². The van der Waals surface area contributed by atoms with E-state index in [0.29, 0.717) is 15.8 Å². The Morgan fingerprint density at radius 1 is 1.24 bits per heavy atom. The molecule has 96 valence electrons. The summed E-state index contributed by atoms with van der Waals surface area (Å²) in [7, 11) is 1.58. The van der Waals surface area contributed by atoms with Gasteiger partial charge in [-0.3, -0.25) is 0 Å². The Morgan fingerprint density at radius 3 is 2.29 bits per heavy atom. The summed E-state index contributed by atoms with van der Waals surface area (Å²) in [6.45, 7) is 6.58. The molecule has 1 aromatic carbocycles. The zero-order chi connectivity index (χ0) is 13.2. The van der Waals surface area contributed by atoms with Crippen LogP contribution in [-0.4, -0.2) is 7.11 Å². The van der Waals surface area contributed by atoms with E-state index >= 15 is 0 Å². The Morgan fingerprint density at radius 2 is 1.82 bits per heavy atom. The summed E-state index contributed by atoms with van der Waals surface area (Å²) in [6.07, 6.45) is 0.982. The molecule has 0 aliphatic carbocycles. The number of rotatable bonds is 3. The highest BCUT2D eigenvalue weighted by Gasteiger charge is 2.21. The molecule has 1 rings (SSSR count). The van der Waals surface area contributed by atoms with Gasteiger partial charge in [-0.05, 0) is 23.5 Å². The average Bonchev–Trinajstić information content (AvgIpc) is 2.18. The second kappa shape index (κ2) is 5.81. The normalized spacial score (nSPS) is 13.6. The smallest absolute Gasteiger partial charge is 0.138 e. The highest BCUT2D eigenvalue weighted by atomic mass is 79.9. The lowest BCUT2D eigenvalue weighted by Crippen LogP contribution is -2.08. The van der Waals surface area contributed by atoms with Crippen molar-refractivity contribution in [1.82, 2.24) is 0 Å². The van der Waals surface area contributed by atoms with E-state index in [4.69, 9.17) is 27.9 Å². The van der Waals surface area contributed by atoms with Crippen molar-refractivity contribution in [3.05, 3.63) is 27.7 Å². The minimum absolute atomic E-state index is 0.193. The number of benzene rings is 1. The van der Waals surface area contributed by atoms with Gasteiger partial charge in [0.15, 0.2) is 0 Å². The standard InChI is InChI=1S/C13H17BrCl2O/c1-13(2,3)7-9(14)8-5-11(16)12(17-4)6-10(8)15/h5-6,9H,7H2,1-4H3. The first-order valence-electron chi connectivity index (χ1n) is 5.41. The molecule has 0 heterocycles. The fourth-order valence-corrected chi connectivity index (χ4v) is 3.60. The van der Waals surface area contributed by atoms with Crippen LogP contribution in [0.2, 0.25) is 10.0 Å². The van der Waals surface area contributed by atoms with Crippen molar-refractivity contribution in [3.8, 4) is 5.75 Å². The zero-order valence-electron chi connectivity index (χ0n) is 10.5. The largest absolute Gasteiger partial charge is 0.495 e. The topological polar surface area (TPSA) is 9.23 Å². The molecule has 0 spiro atoms. The molecular weight excluding hydrogens is 323 g/mol. The van der Waals surface area contributed by atoms with Crippen LogP contribution in [0.3, 0.4) is 0 Å². The molecule has 0 saturated heterocycles. The van der Waals surface area contributed by atoms with Crippen LogP contribution in [0.4, 0.5) is 0 Å². The van der Waals surface area contributed by atoms with Crippen LogP contribution >= 0.6 is 39.1 Å². The van der Waals surface area contributed by atoms with E-state index in [1.807, 2.05) is 6.07 Å². The minimum Gasteiger partial charge on any atom is -0.495 e. The number of hydrogen-bond donors (Lipinski definition) is 0. The maximum absolute atomic E-state index is 6.24. The summed E-state index contributed by atoms with van der Waals surface area (Å²) >= 11 is 16.0. The average molecular weight is 340 g/mol. The number of halogens is 3. The van der Waals surface area contributed by atoms with Crippen LogP contribution < -0.4 is 4.74 Å². The SMILES string of the molecule is COc1cc(Cl)c(C(Br)CC(C)(C)C)cc1Cl. The summed E-state index contributed by atoms with van der Waals surface area (Å²) < 4.78 is 5.13. The predicted octanol–water partition coefficient (Wildman–Crippen LogP) is 5.87. The van der Waals surface area contributed by atoms with Crippen molar-refractivity contribution in [2.24, 2.45) is 5.41 Å². The van der Waals surface area contributed by atoms with Crippen molar-refractivity contribution in [2.45, 2.75) is 32.0 Å². The monoisotopic (exact) mass is 338 g/mol. The lowest BCUT2D eigenvalue weighted by Gasteiger charge is -2.23. The molecule has 0 saturated carbocycles. The van der Waals surface area contributed by atoms with E-state index in [0.717, 1.165) is 12.0 Å². The zero-order valence-corrected chi connectivity index (χ0v) is 13.6. The van der Waals surface area contributed by atoms with Gasteiger partial charge >= 0.3 is 0 Å². The van der Waals surface area contributed by atoms with Gasteiger partial charge in [0.1, 0.15) is 5.75 Å². The van der Waals surface area contributed by atoms with Crippen LogP contribution in [0.5, 0.6) is 5.75 Å². The van der Waals surface area contributed by atoms with E-state index in [2.05, 4.69) is 36.7 Å². The summed E-state index contributed by atoms with van der Waals surface area (Å²) in [5, 5.41) is 1.27. The second-order valence-electron chi connectivity index (χ2n) is 5.24. The molecule has 0 N–H and O–H groups in total. The van der Waals surface area contributed by atoms with Gasteiger partial charge in [-0.2, -0.15) is 0 Å². The first kappa shape index (κ1) is 15.1. The Hall–Kier alpha value is 0.0800. The molecular formula is C13H17BrCl2O. The molecule has 1 atom stereocenters. The molecule has 0 aliphatic heterocycles. The molecule has 0 aliphatic rings. The summed E-state index contributed by atoms with van der Waals surface area (Å²) in [4.78, 5) is 0.193. The molecule has 0 fully saturated rings. The van der Waals surface area contributed by atoms with E-state index in [-0.39, 0.29) is 10.2 Å². The number of alkyl halides is 1. The summed E-state index contributed by atoms with van der Waals surface area (Å²) in [5.74, 6) is 0.607. The van der Waals surface area contributed by atoms with Gasteiger partial charge in [0.25, 0.3) is 0 Å². The predicted molar refractivity (Wildman–Crippen MR) is 78.8 cm³/mol. The quantitative estimate of drug-likeness (QED) is 0.625. The van der Waals surface area contributed by atoms with Gasteiger partial charge in [-0.1, -0.05) is 59.9 Å². The van der Waals surface area contributed by atoms with Crippen LogP contribution in [-0.2, 0) is 0 Å². The van der Waals surface area contributed by atoms with E-state index < -0.39 is 0 Å². The number of methoxy groups -OCH3 is 1. The molecule has 4 heteroatoms. The molecule has 0 bridgehead atoms. The first-order chi connectivity index (χ1) is 7.74. The molecule has 17 heavy (non-hydrogen) atoms. The summed E-state index contributed by atoms with van der Waals surface area (Å²) in [6, 6.07) is 3.63. The summed E-state index contributed by atoms with van der Waals surface area (Å²) in [5.41, 5.74) is 1.23. The van der Waals surface area contributed by atoms with Crippen LogP contribution in [0.25, 0.3) is 0 Å². The number of ether oxygens (including phenoxy) is 1. The van der Waals surface area contributed by atoms with Crippen molar-refractivity contribution in [1.29, 1.82) is 0 Å². The van der Waals surface area contributed by atoms with Crippen molar-refractivity contribution in [3.63, 3.8) is 0 Å². The fraction of sp³-hybridized carbons (Fsp3) is 0.538. The highest BCUT2D eigenvalue weighted by Crippen LogP contribution is 2.41. The third kappa shape index (κ3) is 4.35. The van der Waals surface area contributed by atoms with Crippen molar-refractivity contribution < 1.29 is 4.74 Å². The molecule has 0 aromatic heterocycles. The van der Waals surface area contributed by atoms with Gasteiger partial charge < -0.3 is 4.74 Å². The van der Waals surface area contributed by atoms with E-state index in [1.54, 1.807) is 13.2 Å². The third-order valence-corrected chi connectivity index (χ3v) is 3.84. The van der Waals surface area contributed by atoms with Gasteiger partial charge in [0.05, 0.1) is 12.1 Å². The van der Waals surface area contributed by atoms with Crippen LogP contribution in [0, 0.1) is 5.41 Å². The lowest BCUT2D eigenvalue weighted by molar-refractivity contribution is 0.376. The molecule has 0 radical (unpaired) electrons. The van der Waals surface area contributed by atoms with Crippen LogP contribution in [0.15, 0.2) is 12.1 Å². The molecule has 1 unspecified atom stereocenters. The minimum atomic E-state index is 0.193. The lowest BCUT2D eigenvalue weighted by atomic mass is 9.88. The Labute approximate surface area is 122 Å². The maximum atomic E-state index is 6.24. The second-order valence-corrected chi connectivity index (χ2v) is 7.16. The van der Waals surface area contributed by atoms with Gasteiger partial charge in [0.2, 0.25) is 0 Å². The third-order valence-electron chi connectivity index (χ3n) is 2.40. The molecule has 1 aromatic rings. The number of hydrogen-bond acceptors (Lipinski definition) is 1. The van der Waals surface area contributed by atoms with Crippen molar-refractivity contribution >= 4 is 39.1 Å². The Bertz CT molecular complexity index is 399. The first-order valence-corrected chi connectivity index (χ1v) is 7.09. The fourth-order valence-electron chi connectivity index (χ4n) is 1.59.